The van der Waals surface area contributed by atoms with E-state index in [-0.39, 0.29) is 5.91 Å². The molecule has 0 unspecified atom stereocenters. The van der Waals surface area contributed by atoms with Crippen LogP contribution in [0.2, 0.25) is 0 Å². The van der Waals surface area contributed by atoms with Crippen molar-refractivity contribution in [3.8, 4) is 5.75 Å². The number of hydrogen-bond donors (Lipinski definition) is 1. The topological polar surface area (TPSA) is 56.2 Å². The lowest BCUT2D eigenvalue weighted by atomic mass is 10.2. The summed E-state index contributed by atoms with van der Waals surface area (Å²) in [6.07, 6.45) is 1.75. The van der Waals surface area contributed by atoms with Crippen molar-refractivity contribution in [2.75, 3.05) is 0 Å². The second-order valence-electron chi connectivity index (χ2n) is 5.86. The van der Waals surface area contributed by atoms with Crippen molar-refractivity contribution >= 4 is 33.2 Å². The van der Waals surface area contributed by atoms with Crippen LogP contribution in [0.3, 0.4) is 0 Å². The number of aromatic nitrogens is 2. The van der Waals surface area contributed by atoms with E-state index in [9.17, 15) is 4.79 Å². The molecule has 0 saturated carbocycles. The minimum absolute atomic E-state index is 0.0904. The van der Waals surface area contributed by atoms with Gasteiger partial charge in [-0.05, 0) is 53.4 Å². The van der Waals surface area contributed by atoms with Crippen molar-refractivity contribution in [3.05, 3.63) is 68.1 Å². The number of thiophene rings is 1. The standard InChI is InChI=1S/C19H20BrN3O2S/c1-3-23-17(16(20)9-22-23)10-21-19(24)18-8-14(12-26-18)11-25-15-6-4-13(2)5-7-15/h4-9,12H,3,10-11H2,1-2H3,(H,21,24). The number of nitrogens with zero attached hydrogens (tertiary/aromatic N) is 2. The van der Waals surface area contributed by atoms with Crippen molar-refractivity contribution in [1.82, 2.24) is 15.1 Å². The molecule has 0 atom stereocenters. The molecule has 0 saturated heterocycles. The second-order valence-corrected chi connectivity index (χ2v) is 7.62. The highest BCUT2D eigenvalue weighted by Gasteiger charge is 2.12. The maximum Gasteiger partial charge on any atom is 0.261 e. The number of carbonyl (C=O) groups excluding carboxylic acids is 1. The van der Waals surface area contributed by atoms with Gasteiger partial charge in [0.1, 0.15) is 12.4 Å². The molecule has 3 aromatic rings. The SMILES string of the molecule is CCn1ncc(Br)c1CNC(=O)c1cc(COc2ccc(C)cc2)cs1. The van der Waals surface area contributed by atoms with E-state index < -0.39 is 0 Å². The van der Waals surface area contributed by atoms with E-state index in [0.29, 0.717) is 18.0 Å². The molecular weight excluding hydrogens is 414 g/mol. The Morgan fingerprint density at radius 1 is 1.35 bits per heavy atom. The van der Waals surface area contributed by atoms with Gasteiger partial charge in [-0.15, -0.1) is 11.3 Å². The number of halogens is 1. The summed E-state index contributed by atoms with van der Waals surface area (Å²) >= 11 is 4.89. The minimum Gasteiger partial charge on any atom is -0.489 e. The molecule has 0 aliphatic heterocycles. The van der Waals surface area contributed by atoms with Crippen LogP contribution in [0, 0.1) is 6.92 Å². The van der Waals surface area contributed by atoms with E-state index in [1.807, 2.05) is 54.2 Å². The summed E-state index contributed by atoms with van der Waals surface area (Å²) in [7, 11) is 0. The van der Waals surface area contributed by atoms with Crippen molar-refractivity contribution in [2.45, 2.75) is 33.5 Å². The van der Waals surface area contributed by atoms with E-state index in [2.05, 4.69) is 26.3 Å². The zero-order valence-electron chi connectivity index (χ0n) is 14.7. The van der Waals surface area contributed by atoms with Crippen LogP contribution in [0.25, 0.3) is 0 Å². The first-order valence-corrected chi connectivity index (χ1v) is 9.99. The summed E-state index contributed by atoms with van der Waals surface area (Å²) in [5, 5.41) is 9.16. The largest absolute Gasteiger partial charge is 0.489 e. The van der Waals surface area contributed by atoms with Crippen molar-refractivity contribution in [3.63, 3.8) is 0 Å². The molecule has 1 amide bonds. The highest BCUT2D eigenvalue weighted by atomic mass is 79.9. The summed E-state index contributed by atoms with van der Waals surface area (Å²) in [6.45, 7) is 5.70. The lowest BCUT2D eigenvalue weighted by Gasteiger charge is -2.07. The van der Waals surface area contributed by atoms with Crippen LogP contribution in [-0.4, -0.2) is 15.7 Å². The number of aryl methyl sites for hydroxylation is 2. The molecule has 1 N–H and O–H groups in total. The van der Waals surface area contributed by atoms with Gasteiger partial charge in [-0.2, -0.15) is 5.10 Å². The molecule has 2 aromatic heterocycles. The Bertz CT molecular complexity index is 887. The Hall–Kier alpha value is -2.12. The van der Waals surface area contributed by atoms with Gasteiger partial charge in [-0.3, -0.25) is 9.48 Å². The van der Waals surface area contributed by atoms with Crippen molar-refractivity contribution in [2.24, 2.45) is 0 Å². The quantitative estimate of drug-likeness (QED) is 0.594. The molecule has 3 rings (SSSR count). The van der Waals surface area contributed by atoms with Crippen LogP contribution in [0.1, 0.15) is 33.4 Å². The third kappa shape index (κ3) is 4.53. The maximum absolute atomic E-state index is 12.4. The van der Waals surface area contributed by atoms with E-state index in [4.69, 9.17) is 4.74 Å². The van der Waals surface area contributed by atoms with Crippen LogP contribution < -0.4 is 10.1 Å². The van der Waals surface area contributed by atoms with Crippen LogP contribution in [0.4, 0.5) is 0 Å². The number of carbonyl (C=O) groups is 1. The fraction of sp³-hybridized carbons (Fsp3) is 0.263. The summed E-state index contributed by atoms with van der Waals surface area (Å²) in [4.78, 5) is 13.1. The van der Waals surface area contributed by atoms with Gasteiger partial charge in [0, 0.05) is 12.1 Å². The van der Waals surface area contributed by atoms with Crippen LogP contribution >= 0.6 is 27.3 Å². The molecule has 26 heavy (non-hydrogen) atoms. The van der Waals surface area contributed by atoms with Gasteiger partial charge in [0.15, 0.2) is 0 Å². The zero-order valence-corrected chi connectivity index (χ0v) is 17.1. The third-order valence-corrected chi connectivity index (χ3v) is 5.56. The molecule has 0 radical (unpaired) electrons. The normalized spacial score (nSPS) is 10.7. The lowest BCUT2D eigenvalue weighted by molar-refractivity contribution is 0.0954. The Morgan fingerprint density at radius 2 is 2.12 bits per heavy atom. The molecule has 0 fully saturated rings. The first kappa shape index (κ1) is 18.7. The number of ether oxygens (including phenoxy) is 1. The third-order valence-electron chi connectivity index (χ3n) is 3.92. The number of benzene rings is 1. The molecule has 2 heterocycles. The van der Waals surface area contributed by atoms with Gasteiger partial charge in [0.05, 0.1) is 27.8 Å². The Morgan fingerprint density at radius 3 is 2.85 bits per heavy atom. The van der Waals surface area contributed by atoms with E-state index in [1.165, 1.54) is 16.9 Å². The average molecular weight is 434 g/mol. The van der Waals surface area contributed by atoms with Crippen molar-refractivity contribution < 1.29 is 9.53 Å². The molecule has 0 aliphatic carbocycles. The van der Waals surface area contributed by atoms with Crippen LogP contribution in [0.5, 0.6) is 5.75 Å². The van der Waals surface area contributed by atoms with E-state index >= 15 is 0 Å². The first-order valence-electron chi connectivity index (χ1n) is 8.32. The first-order chi connectivity index (χ1) is 12.6. The van der Waals surface area contributed by atoms with Crippen LogP contribution in [0.15, 0.2) is 46.4 Å². The fourth-order valence-corrected chi connectivity index (χ4v) is 3.71. The average Bonchev–Trinajstić information content (AvgIpc) is 3.26. The summed E-state index contributed by atoms with van der Waals surface area (Å²) in [6, 6.07) is 9.80. The molecular formula is C19H20BrN3O2S. The zero-order chi connectivity index (χ0) is 18.5. The number of nitrogens with one attached hydrogen (secondary N) is 1. The molecule has 0 aliphatic rings. The molecule has 1 aromatic carbocycles. The highest BCUT2D eigenvalue weighted by Crippen LogP contribution is 2.19. The van der Waals surface area contributed by atoms with E-state index in [1.54, 1.807) is 6.20 Å². The van der Waals surface area contributed by atoms with Gasteiger partial charge in [0.2, 0.25) is 0 Å². The fourth-order valence-electron chi connectivity index (χ4n) is 2.46. The molecule has 136 valence electrons. The number of rotatable bonds is 7. The molecule has 5 nitrogen and oxygen atoms in total. The van der Waals surface area contributed by atoms with Gasteiger partial charge in [-0.25, -0.2) is 0 Å². The monoisotopic (exact) mass is 433 g/mol. The molecule has 0 bridgehead atoms. The predicted molar refractivity (Wildman–Crippen MR) is 107 cm³/mol. The Labute approximate surface area is 165 Å². The van der Waals surface area contributed by atoms with Crippen molar-refractivity contribution in [1.29, 1.82) is 0 Å². The predicted octanol–water partition coefficient (Wildman–Crippen LogP) is 4.54. The molecule has 7 heteroatoms. The minimum atomic E-state index is -0.0904. The maximum atomic E-state index is 12.4. The second kappa shape index (κ2) is 8.51. The van der Waals surface area contributed by atoms with Gasteiger partial charge < -0.3 is 10.1 Å². The van der Waals surface area contributed by atoms with Gasteiger partial charge in [-0.1, -0.05) is 17.7 Å². The summed E-state index contributed by atoms with van der Waals surface area (Å²) < 4.78 is 8.52. The Kier molecular flexibility index (Phi) is 6.11. The number of hydrogen-bond acceptors (Lipinski definition) is 4. The van der Waals surface area contributed by atoms with E-state index in [0.717, 1.165) is 28.0 Å². The van der Waals surface area contributed by atoms with Gasteiger partial charge >= 0.3 is 0 Å². The summed E-state index contributed by atoms with van der Waals surface area (Å²) in [5.74, 6) is 0.734. The Balaban J connectivity index is 1.55. The highest BCUT2D eigenvalue weighted by molar-refractivity contribution is 9.10. The smallest absolute Gasteiger partial charge is 0.261 e. The lowest BCUT2D eigenvalue weighted by Crippen LogP contribution is -2.23. The summed E-state index contributed by atoms with van der Waals surface area (Å²) in [5.41, 5.74) is 3.14. The molecule has 0 spiro atoms. The number of amides is 1. The van der Waals surface area contributed by atoms with Crippen LogP contribution in [-0.2, 0) is 19.7 Å². The van der Waals surface area contributed by atoms with Gasteiger partial charge in [0.25, 0.3) is 5.91 Å².